The molecule has 1 fully saturated rings. The van der Waals surface area contributed by atoms with Gasteiger partial charge in [-0.25, -0.2) is 13.8 Å². The van der Waals surface area contributed by atoms with Crippen LogP contribution in [-0.4, -0.2) is 52.3 Å². The summed E-state index contributed by atoms with van der Waals surface area (Å²) in [6.45, 7) is 3.40. The molecule has 152 valence electrons. The highest BCUT2D eigenvalue weighted by Crippen LogP contribution is 2.21. The van der Waals surface area contributed by atoms with Crippen molar-refractivity contribution in [1.29, 1.82) is 0 Å². The van der Waals surface area contributed by atoms with E-state index >= 15 is 0 Å². The summed E-state index contributed by atoms with van der Waals surface area (Å²) in [6, 6.07) is 9.10. The van der Waals surface area contributed by atoms with Crippen LogP contribution in [0.5, 0.6) is 0 Å². The van der Waals surface area contributed by atoms with Gasteiger partial charge in [-0.2, -0.15) is 0 Å². The highest BCUT2D eigenvalue weighted by Gasteiger charge is 2.19. The van der Waals surface area contributed by atoms with Crippen molar-refractivity contribution < 1.29 is 13.9 Å². The fourth-order valence-electron chi connectivity index (χ4n) is 3.68. The number of hydrogen-bond acceptors (Lipinski definition) is 5. The lowest BCUT2D eigenvalue weighted by Crippen LogP contribution is -2.46. The van der Waals surface area contributed by atoms with Gasteiger partial charge >= 0.3 is 0 Å². The number of aliphatic hydroxyl groups is 1. The maximum absolute atomic E-state index is 13.9. The van der Waals surface area contributed by atoms with E-state index in [1.807, 2.05) is 12.1 Å². The number of rotatable bonds is 5. The molecule has 0 bridgehead atoms. The second-order valence-electron chi connectivity index (χ2n) is 7.17. The smallest absolute Gasteiger partial charge is 0.261 e. The van der Waals surface area contributed by atoms with Gasteiger partial charge in [0.25, 0.3) is 5.56 Å². The van der Waals surface area contributed by atoms with Gasteiger partial charge in [0.05, 0.1) is 30.4 Å². The first-order valence-corrected chi connectivity index (χ1v) is 9.56. The Morgan fingerprint density at radius 1 is 1.03 bits per heavy atom. The molecule has 0 radical (unpaired) electrons. The van der Waals surface area contributed by atoms with E-state index in [4.69, 9.17) is 5.11 Å². The molecule has 0 unspecified atom stereocenters. The number of aliphatic hydroxyl groups excluding tert-OH is 1. The summed E-state index contributed by atoms with van der Waals surface area (Å²) in [5.41, 5.74) is 1.79. The first-order chi connectivity index (χ1) is 14.0. The molecule has 1 aliphatic heterocycles. The van der Waals surface area contributed by atoms with Gasteiger partial charge in [-0.1, -0.05) is 0 Å². The zero-order valence-electron chi connectivity index (χ0n) is 15.9. The Morgan fingerprint density at radius 2 is 1.83 bits per heavy atom. The van der Waals surface area contributed by atoms with Crippen molar-refractivity contribution in [3.63, 3.8) is 0 Å². The van der Waals surface area contributed by atoms with Gasteiger partial charge in [0.15, 0.2) is 0 Å². The van der Waals surface area contributed by atoms with Crippen LogP contribution >= 0.6 is 0 Å². The van der Waals surface area contributed by atoms with E-state index in [0.29, 0.717) is 23.0 Å². The van der Waals surface area contributed by atoms with Crippen LogP contribution in [0.1, 0.15) is 5.56 Å². The largest absolute Gasteiger partial charge is 0.395 e. The van der Waals surface area contributed by atoms with Crippen LogP contribution in [0.25, 0.3) is 10.9 Å². The van der Waals surface area contributed by atoms with Crippen molar-refractivity contribution in [2.45, 2.75) is 13.1 Å². The Bertz CT molecular complexity index is 1080. The summed E-state index contributed by atoms with van der Waals surface area (Å²) in [5.74, 6) is -0.817. The fraction of sp³-hybridized carbons (Fsp3) is 0.333. The van der Waals surface area contributed by atoms with Gasteiger partial charge in [0.2, 0.25) is 0 Å². The molecule has 0 aliphatic carbocycles. The molecule has 0 amide bonds. The highest BCUT2D eigenvalue weighted by molar-refractivity contribution is 5.81. The van der Waals surface area contributed by atoms with Crippen LogP contribution in [-0.2, 0) is 13.1 Å². The summed E-state index contributed by atoms with van der Waals surface area (Å²) < 4.78 is 28.6. The Balaban J connectivity index is 1.45. The maximum Gasteiger partial charge on any atom is 0.261 e. The second kappa shape index (κ2) is 8.26. The lowest BCUT2D eigenvalue weighted by molar-refractivity contribution is 0.246. The zero-order chi connectivity index (χ0) is 20.4. The van der Waals surface area contributed by atoms with Crippen LogP contribution in [0.3, 0.4) is 0 Å². The van der Waals surface area contributed by atoms with Crippen LogP contribution in [0.2, 0.25) is 0 Å². The third kappa shape index (κ3) is 4.13. The third-order valence-corrected chi connectivity index (χ3v) is 5.29. The predicted molar refractivity (Wildman–Crippen MR) is 107 cm³/mol. The molecule has 29 heavy (non-hydrogen) atoms. The molecule has 0 saturated carbocycles. The molecule has 0 spiro atoms. The molecular weight excluding hydrogens is 378 g/mol. The van der Waals surface area contributed by atoms with Crippen molar-refractivity contribution >= 4 is 16.6 Å². The molecule has 1 aromatic heterocycles. The minimum Gasteiger partial charge on any atom is -0.395 e. The van der Waals surface area contributed by atoms with Crippen molar-refractivity contribution in [1.82, 2.24) is 14.5 Å². The fourth-order valence-corrected chi connectivity index (χ4v) is 3.68. The lowest BCUT2D eigenvalue weighted by atomic mass is 10.1. The van der Waals surface area contributed by atoms with Crippen molar-refractivity contribution in [3.8, 4) is 0 Å². The number of benzene rings is 2. The standard InChI is InChI=1S/C21H22F2N4O2/c22-16-1-4-19(23)15(11-16)13-25-5-7-26(8-6-25)17-2-3-18-20(12-17)24-14-27(9-10-28)21(18)29/h1-4,11-12,14,28H,5-10,13H2. The summed E-state index contributed by atoms with van der Waals surface area (Å²) in [5, 5.41) is 9.55. The summed E-state index contributed by atoms with van der Waals surface area (Å²) in [6.07, 6.45) is 1.45. The van der Waals surface area contributed by atoms with Crippen LogP contribution in [0, 0.1) is 11.6 Å². The van der Waals surface area contributed by atoms with Crippen LogP contribution < -0.4 is 10.5 Å². The number of nitrogens with zero attached hydrogens (tertiary/aromatic N) is 4. The molecule has 3 aromatic rings. The maximum atomic E-state index is 13.9. The normalized spacial score (nSPS) is 15.2. The van der Waals surface area contributed by atoms with E-state index in [1.54, 1.807) is 6.07 Å². The number of aromatic nitrogens is 2. The minimum atomic E-state index is -0.429. The van der Waals surface area contributed by atoms with E-state index in [9.17, 15) is 13.6 Å². The Labute approximate surface area is 166 Å². The monoisotopic (exact) mass is 400 g/mol. The third-order valence-electron chi connectivity index (χ3n) is 5.29. The van der Waals surface area contributed by atoms with E-state index in [-0.39, 0.29) is 24.5 Å². The Hall–Kier alpha value is -2.84. The van der Waals surface area contributed by atoms with Crippen LogP contribution in [0.15, 0.2) is 47.5 Å². The van der Waals surface area contributed by atoms with Gasteiger partial charge in [-0.15, -0.1) is 0 Å². The molecule has 2 heterocycles. The Kier molecular flexibility index (Phi) is 5.55. The van der Waals surface area contributed by atoms with Gasteiger partial charge in [0, 0.05) is 44.0 Å². The van der Waals surface area contributed by atoms with Crippen LogP contribution in [0.4, 0.5) is 14.5 Å². The highest BCUT2D eigenvalue weighted by atomic mass is 19.1. The van der Waals surface area contributed by atoms with E-state index in [1.165, 1.54) is 17.0 Å². The molecule has 0 atom stereocenters. The topological polar surface area (TPSA) is 61.6 Å². The SMILES string of the molecule is O=c1c2ccc(N3CCN(Cc4cc(F)ccc4F)CC3)cc2ncn1CCO. The Morgan fingerprint density at radius 3 is 2.59 bits per heavy atom. The number of hydrogen-bond donors (Lipinski definition) is 1. The molecule has 4 rings (SSSR count). The molecular formula is C21H22F2N4O2. The molecule has 2 aromatic carbocycles. The summed E-state index contributed by atoms with van der Waals surface area (Å²) >= 11 is 0. The van der Waals surface area contributed by atoms with Crippen molar-refractivity contribution in [2.75, 3.05) is 37.7 Å². The van der Waals surface area contributed by atoms with Gasteiger partial charge in [0.1, 0.15) is 11.6 Å². The summed E-state index contributed by atoms with van der Waals surface area (Å²) in [4.78, 5) is 21.0. The summed E-state index contributed by atoms with van der Waals surface area (Å²) in [7, 11) is 0. The quantitative estimate of drug-likeness (QED) is 0.710. The van der Waals surface area contributed by atoms with E-state index < -0.39 is 5.82 Å². The zero-order valence-corrected chi connectivity index (χ0v) is 15.9. The molecule has 1 aliphatic rings. The average molecular weight is 400 g/mol. The van der Waals surface area contributed by atoms with Gasteiger partial charge in [-0.3, -0.25) is 14.3 Å². The first-order valence-electron chi connectivity index (χ1n) is 9.56. The average Bonchev–Trinajstić information content (AvgIpc) is 2.73. The van der Waals surface area contributed by atoms with Gasteiger partial charge in [-0.05, 0) is 36.4 Å². The lowest BCUT2D eigenvalue weighted by Gasteiger charge is -2.36. The first kappa shape index (κ1) is 19.5. The molecule has 1 N–H and O–H groups in total. The molecule has 1 saturated heterocycles. The number of piperazine rings is 1. The predicted octanol–water partition coefficient (Wildman–Crippen LogP) is 1.99. The van der Waals surface area contributed by atoms with Crippen molar-refractivity contribution in [2.24, 2.45) is 0 Å². The van der Waals surface area contributed by atoms with Crippen molar-refractivity contribution in [3.05, 3.63) is 70.3 Å². The number of anilines is 1. The van der Waals surface area contributed by atoms with E-state index in [0.717, 1.165) is 44.0 Å². The van der Waals surface area contributed by atoms with E-state index in [2.05, 4.69) is 14.8 Å². The number of fused-ring (bicyclic) bond motifs is 1. The second-order valence-corrected chi connectivity index (χ2v) is 7.17. The van der Waals surface area contributed by atoms with Gasteiger partial charge < -0.3 is 10.0 Å². The minimum absolute atomic E-state index is 0.116. The number of halogens is 2. The molecule has 8 heteroatoms. The molecule has 6 nitrogen and oxygen atoms in total.